The van der Waals surface area contributed by atoms with Crippen LogP contribution in [0.5, 0.6) is 0 Å². The summed E-state index contributed by atoms with van der Waals surface area (Å²) in [4.78, 5) is 4.29. The molecule has 1 aromatic carbocycles. The molecule has 0 saturated heterocycles. The molecule has 3 rings (SSSR count). The summed E-state index contributed by atoms with van der Waals surface area (Å²) < 4.78 is 0. The molecule has 2 heterocycles. The minimum Gasteiger partial charge on any atom is -0.371 e. The normalized spacial score (nSPS) is 18.6. The number of fused-ring (bicyclic) bond motifs is 1. The molecular formula is C16H18N2O2. The molecule has 0 saturated carbocycles. The van der Waals surface area contributed by atoms with Gasteiger partial charge in [-0.2, -0.15) is 5.06 Å². The van der Waals surface area contributed by atoms with Crippen LogP contribution in [-0.2, 0) is 6.54 Å². The average Bonchev–Trinajstić information content (AvgIpc) is 2.74. The van der Waals surface area contributed by atoms with Crippen LogP contribution in [0.2, 0.25) is 0 Å². The second kappa shape index (κ2) is 4.98. The number of aliphatic hydroxyl groups is 1. The van der Waals surface area contributed by atoms with E-state index in [4.69, 9.17) is 0 Å². The molecule has 2 N–H and O–H groups in total. The fraction of sp³-hybridized carbons (Fsp3) is 0.312. The molecule has 2 aromatic rings. The number of aromatic nitrogens is 1. The van der Waals surface area contributed by atoms with Gasteiger partial charge in [0.25, 0.3) is 0 Å². The quantitative estimate of drug-likeness (QED) is 0.880. The van der Waals surface area contributed by atoms with Crippen LogP contribution in [0.25, 0.3) is 11.1 Å². The van der Waals surface area contributed by atoms with Gasteiger partial charge in [-0.3, -0.25) is 4.98 Å². The molecule has 1 aromatic heterocycles. The topological polar surface area (TPSA) is 56.6 Å². The van der Waals surface area contributed by atoms with Crippen LogP contribution >= 0.6 is 0 Å². The molecule has 1 aliphatic rings. The lowest BCUT2D eigenvalue weighted by Gasteiger charge is -2.10. The zero-order valence-corrected chi connectivity index (χ0v) is 11.6. The Kier molecular flexibility index (Phi) is 3.30. The van der Waals surface area contributed by atoms with Gasteiger partial charge < -0.3 is 10.3 Å². The van der Waals surface area contributed by atoms with Gasteiger partial charge in [-0.1, -0.05) is 38.1 Å². The molecule has 1 unspecified atom stereocenters. The predicted molar refractivity (Wildman–Crippen MR) is 76.1 cm³/mol. The lowest BCUT2D eigenvalue weighted by Crippen LogP contribution is -2.16. The molecule has 0 fully saturated rings. The Morgan fingerprint density at radius 2 is 2.05 bits per heavy atom. The van der Waals surface area contributed by atoms with E-state index in [1.807, 2.05) is 12.1 Å². The highest BCUT2D eigenvalue weighted by molar-refractivity contribution is 5.64. The van der Waals surface area contributed by atoms with Crippen molar-refractivity contribution in [1.82, 2.24) is 10.0 Å². The number of hydrogen-bond donors (Lipinski definition) is 2. The summed E-state index contributed by atoms with van der Waals surface area (Å²) >= 11 is 0. The van der Waals surface area contributed by atoms with Gasteiger partial charge in [0.2, 0.25) is 0 Å². The Morgan fingerprint density at radius 3 is 2.80 bits per heavy atom. The molecule has 1 aliphatic heterocycles. The largest absolute Gasteiger partial charge is 0.371 e. The van der Waals surface area contributed by atoms with Crippen molar-refractivity contribution >= 4 is 0 Å². The predicted octanol–water partition coefficient (Wildman–Crippen LogP) is 3.07. The van der Waals surface area contributed by atoms with Gasteiger partial charge in [0.05, 0.1) is 12.2 Å². The molecule has 0 bridgehead atoms. The smallest absolute Gasteiger partial charge is 0.173 e. The van der Waals surface area contributed by atoms with Crippen molar-refractivity contribution < 1.29 is 10.3 Å². The molecule has 0 aliphatic carbocycles. The molecule has 104 valence electrons. The highest BCUT2D eigenvalue weighted by Crippen LogP contribution is 2.32. The van der Waals surface area contributed by atoms with E-state index in [9.17, 15) is 10.3 Å². The Labute approximate surface area is 118 Å². The lowest BCUT2D eigenvalue weighted by atomic mass is 9.97. The third kappa shape index (κ3) is 2.22. The summed E-state index contributed by atoms with van der Waals surface area (Å²) in [6, 6.07) is 10.4. The highest BCUT2D eigenvalue weighted by atomic mass is 16.5. The third-order valence-corrected chi connectivity index (χ3v) is 3.75. The van der Waals surface area contributed by atoms with Crippen LogP contribution in [0, 0.1) is 0 Å². The van der Waals surface area contributed by atoms with E-state index in [-0.39, 0.29) is 0 Å². The standard InChI is InChI=1S/C16H18N2O2/c1-10(2)11-4-3-5-12(6-11)13-7-14-9-18(20)16(19)15(14)17-8-13/h3-8,10,16,19-20H,9H2,1-2H3. The summed E-state index contributed by atoms with van der Waals surface area (Å²) in [6.45, 7) is 4.64. The summed E-state index contributed by atoms with van der Waals surface area (Å²) in [7, 11) is 0. The monoisotopic (exact) mass is 270 g/mol. The van der Waals surface area contributed by atoms with Gasteiger partial charge in [-0.15, -0.1) is 0 Å². The molecule has 0 spiro atoms. The van der Waals surface area contributed by atoms with Crippen LogP contribution in [0.15, 0.2) is 36.5 Å². The average molecular weight is 270 g/mol. The van der Waals surface area contributed by atoms with Crippen LogP contribution in [-0.4, -0.2) is 20.4 Å². The molecular weight excluding hydrogens is 252 g/mol. The molecule has 4 nitrogen and oxygen atoms in total. The first-order valence-corrected chi connectivity index (χ1v) is 6.79. The number of pyridine rings is 1. The first kappa shape index (κ1) is 13.2. The van der Waals surface area contributed by atoms with E-state index in [1.54, 1.807) is 6.20 Å². The van der Waals surface area contributed by atoms with Crippen molar-refractivity contribution in [3.8, 4) is 11.1 Å². The zero-order valence-electron chi connectivity index (χ0n) is 11.6. The maximum atomic E-state index is 9.74. The zero-order chi connectivity index (χ0) is 14.3. The second-order valence-corrected chi connectivity index (χ2v) is 5.52. The highest BCUT2D eigenvalue weighted by Gasteiger charge is 2.28. The van der Waals surface area contributed by atoms with Gasteiger partial charge in [-0.25, -0.2) is 0 Å². The van der Waals surface area contributed by atoms with Gasteiger partial charge >= 0.3 is 0 Å². The van der Waals surface area contributed by atoms with E-state index in [0.717, 1.165) is 21.8 Å². The number of aliphatic hydroxyl groups excluding tert-OH is 1. The summed E-state index contributed by atoms with van der Waals surface area (Å²) in [6.07, 6.45) is 0.738. The van der Waals surface area contributed by atoms with E-state index in [1.165, 1.54) is 5.56 Å². The summed E-state index contributed by atoms with van der Waals surface area (Å²) in [5.74, 6) is 0.479. The van der Waals surface area contributed by atoms with Crippen molar-refractivity contribution in [2.75, 3.05) is 0 Å². The fourth-order valence-electron chi connectivity index (χ4n) is 2.52. The number of nitrogens with zero attached hydrogens (tertiary/aromatic N) is 2. The van der Waals surface area contributed by atoms with Gasteiger partial charge in [-0.05, 0) is 28.7 Å². The Hall–Kier alpha value is -1.75. The second-order valence-electron chi connectivity index (χ2n) is 5.52. The maximum Gasteiger partial charge on any atom is 0.173 e. The number of benzene rings is 1. The maximum absolute atomic E-state index is 9.74. The van der Waals surface area contributed by atoms with Gasteiger partial charge in [0.15, 0.2) is 6.23 Å². The van der Waals surface area contributed by atoms with Gasteiger partial charge in [0.1, 0.15) is 0 Å². The number of hydrogen-bond acceptors (Lipinski definition) is 4. The minimum atomic E-state index is -1.01. The fourth-order valence-corrected chi connectivity index (χ4v) is 2.52. The van der Waals surface area contributed by atoms with E-state index >= 15 is 0 Å². The van der Waals surface area contributed by atoms with Crippen LogP contribution in [0.1, 0.15) is 42.8 Å². The molecule has 0 radical (unpaired) electrons. The van der Waals surface area contributed by atoms with E-state index in [2.05, 4.69) is 37.0 Å². The van der Waals surface area contributed by atoms with E-state index < -0.39 is 6.23 Å². The number of hydroxylamine groups is 2. The molecule has 1 atom stereocenters. The van der Waals surface area contributed by atoms with Crippen molar-refractivity contribution in [3.63, 3.8) is 0 Å². The summed E-state index contributed by atoms with van der Waals surface area (Å²) in [5.41, 5.74) is 4.81. The SMILES string of the molecule is CC(C)c1cccc(-c2cnc3c(c2)CN(O)C3O)c1. The Bertz CT molecular complexity index is 640. The first-order chi connectivity index (χ1) is 9.56. The minimum absolute atomic E-state index is 0.307. The summed E-state index contributed by atoms with van der Waals surface area (Å²) in [5, 5.41) is 20.2. The Balaban J connectivity index is 2.00. The van der Waals surface area contributed by atoms with Crippen LogP contribution in [0.3, 0.4) is 0 Å². The third-order valence-electron chi connectivity index (χ3n) is 3.75. The van der Waals surface area contributed by atoms with Crippen molar-refractivity contribution in [3.05, 3.63) is 53.3 Å². The van der Waals surface area contributed by atoms with Crippen LogP contribution < -0.4 is 0 Å². The molecule has 4 heteroatoms. The Morgan fingerprint density at radius 1 is 1.25 bits per heavy atom. The van der Waals surface area contributed by atoms with Crippen molar-refractivity contribution in [1.29, 1.82) is 0 Å². The lowest BCUT2D eigenvalue weighted by molar-refractivity contribution is -0.195. The van der Waals surface area contributed by atoms with E-state index in [0.29, 0.717) is 18.2 Å². The van der Waals surface area contributed by atoms with Crippen molar-refractivity contribution in [2.24, 2.45) is 0 Å². The molecule has 20 heavy (non-hydrogen) atoms. The van der Waals surface area contributed by atoms with Gasteiger partial charge in [0, 0.05) is 11.8 Å². The van der Waals surface area contributed by atoms with Crippen LogP contribution in [0.4, 0.5) is 0 Å². The first-order valence-electron chi connectivity index (χ1n) is 6.79. The molecule has 0 amide bonds. The number of rotatable bonds is 2. The van der Waals surface area contributed by atoms with Crippen molar-refractivity contribution in [2.45, 2.75) is 32.5 Å².